The number of hydrogen-bond acceptors (Lipinski definition) is 3. The van der Waals surface area contributed by atoms with Crippen molar-refractivity contribution >= 4 is 0 Å². The Labute approximate surface area is 97.6 Å². The first kappa shape index (κ1) is 13.0. The van der Waals surface area contributed by atoms with Crippen LogP contribution in [0.1, 0.15) is 12.0 Å². The summed E-state index contributed by atoms with van der Waals surface area (Å²) in [6.07, 6.45) is 0.943. The highest BCUT2D eigenvalue weighted by Gasteiger charge is 2.07. The van der Waals surface area contributed by atoms with Crippen LogP contribution in [0.25, 0.3) is 0 Å². The van der Waals surface area contributed by atoms with Crippen molar-refractivity contribution in [1.82, 2.24) is 0 Å². The molecule has 0 saturated heterocycles. The number of methoxy groups -OCH3 is 1. The Bertz CT molecular complexity index is 284. The summed E-state index contributed by atoms with van der Waals surface area (Å²) in [4.78, 5) is 0. The second-order valence-corrected chi connectivity index (χ2v) is 4.01. The molecule has 90 valence electrons. The maximum absolute atomic E-state index is 5.68. The zero-order valence-corrected chi connectivity index (χ0v) is 10.1. The number of benzene rings is 1. The quantitative estimate of drug-likeness (QED) is 0.768. The first-order chi connectivity index (χ1) is 7.76. The molecule has 0 spiro atoms. The topological polar surface area (TPSA) is 44.5 Å². The summed E-state index contributed by atoms with van der Waals surface area (Å²) in [7, 11) is 1.70. The minimum Gasteiger partial charge on any atom is -0.493 e. The lowest BCUT2D eigenvalue weighted by Crippen LogP contribution is -2.22. The molecule has 0 aliphatic carbocycles. The smallest absolute Gasteiger partial charge is 0.119 e. The van der Waals surface area contributed by atoms with E-state index >= 15 is 0 Å². The number of ether oxygens (including phenoxy) is 2. The van der Waals surface area contributed by atoms with Gasteiger partial charge in [-0.1, -0.05) is 17.7 Å². The van der Waals surface area contributed by atoms with E-state index in [1.807, 2.05) is 24.3 Å². The van der Waals surface area contributed by atoms with Crippen LogP contribution >= 0.6 is 0 Å². The van der Waals surface area contributed by atoms with Crippen LogP contribution in [0.4, 0.5) is 0 Å². The van der Waals surface area contributed by atoms with Crippen molar-refractivity contribution in [3.63, 3.8) is 0 Å². The van der Waals surface area contributed by atoms with Gasteiger partial charge in [0.1, 0.15) is 5.75 Å². The van der Waals surface area contributed by atoms with Gasteiger partial charge in [0.15, 0.2) is 0 Å². The van der Waals surface area contributed by atoms with Crippen molar-refractivity contribution in [2.45, 2.75) is 13.3 Å². The van der Waals surface area contributed by atoms with Crippen molar-refractivity contribution in [3.05, 3.63) is 29.8 Å². The highest BCUT2D eigenvalue weighted by Crippen LogP contribution is 2.13. The number of nitrogens with two attached hydrogens (primary N) is 1. The molecule has 1 unspecified atom stereocenters. The summed E-state index contributed by atoms with van der Waals surface area (Å²) >= 11 is 0. The summed E-state index contributed by atoms with van der Waals surface area (Å²) in [5.41, 5.74) is 6.90. The molecule has 1 aromatic carbocycles. The SMILES string of the molecule is COCCC(CN)COc1ccc(C)cc1. The van der Waals surface area contributed by atoms with Crippen molar-refractivity contribution in [3.8, 4) is 5.75 Å². The third kappa shape index (κ3) is 4.64. The van der Waals surface area contributed by atoms with E-state index in [0.29, 0.717) is 19.1 Å². The summed E-state index contributed by atoms with van der Waals surface area (Å²) in [5, 5.41) is 0. The van der Waals surface area contributed by atoms with E-state index in [-0.39, 0.29) is 0 Å². The van der Waals surface area contributed by atoms with E-state index in [1.54, 1.807) is 7.11 Å². The Morgan fingerprint density at radius 2 is 1.94 bits per heavy atom. The molecular weight excluding hydrogens is 202 g/mol. The zero-order valence-electron chi connectivity index (χ0n) is 10.1. The number of rotatable bonds is 7. The first-order valence-electron chi connectivity index (χ1n) is 5.64. The molecule has 3 heteroatoms. The first-order valence-corrected chi connectivity index (χ1v) is 5.64. The van der Waals surface area contributed by atoms with E-state index in [0.717, 1.165) is 18.8 Å². The molecule has 3 nitrogen and oxygen atoms in total. The molecule has 0 aliphatic heterocycles. The molecule has 0 heterocycles. The number of hydrogen-bond donors (Lipinski definition) is 1. The highest BCUT2D eigenvalue weighted by molar-refractivity contribution is 5.26. The Balaban J connectivity index is 2.34. The molecule has 16 heavy (non-hydrogen) atoms. The third-order valence-corrected chi connectivity index (χ3v) is 2.57. The van der Waals surface area contributed by atoms with Crippen LogP contribution in [0.3, 0.4) is 0 Å². The maximum Gasteiger partial charge on any atom is 0.119 e. The minimum atomic E-state index is 0.362. The van der Waals surface area contributed by atoms with Gasteiger partial charge in [-0.25, -0.2) is 0 Å². The lowest BCUT2D eigenvalue weighted by atomic mass is 10.1. The molecule has 1 atom stereocenters. The van der Waals surface area contributed by atoms with E-state index in [2.05, 4.69) is 6.92 Å². The Hall–Kier alpha value is -1.06. The molecule has 0 saturated carbocycles. The van der Waals surface area contributed by atoms with E-state index < -0.39 is 0 Å². The average Bonchev–Trinajstić information content (AvgIpc) is 2.32. The van der Waals surface area contributed by atoms with Gasteiger partial charge in [-0.05, 0) is 32.0 Å². The molecular formula is C13H21NO2. The van der Waals surface area contributed by atoms with Gasteiger partial charge in [-0.3, -0.25) is 0 Å². The van der Waals surface area contributed by atoms with Crippen LogP contribution in [0, 0.1) is 12.8 Å². The lowest BCUT2D eigenvalue weighted by Gasteiger charge is -2.15. The van der Waals surface area contributed by atoms with Crippen LogP contribution < -0.4 is 10.5 Å². The van der Waals surface area contributed by atoms with Gasteiger partial charge >= 0.3 is 0 Å². The maximum atomic E-state index is 5.68. The highest BCUT2D eigenvalue weighted by atomic mass is 16.5. The van der Waals surface area contributed by atoms with Crippen molar-refractivity contribution in [2.75, 3.05) is 26.9 Å². The number of aryl methyl sites for hydroxylation is 1. The molecule has 1 rings (SSSR count). The van der Waals surface area contributed by atoms with Gasteiger partial charge in [0.25, 0.3) is 0 Å². The van der Waals surface area contributed by atoms with Crippen LogP contribution in [-0.4, -0.2) is 26.9 Å². The summed E-state index contributed by atoms with van der Waals surface area (Å²) in [6, 6.07) is 8.06. The minimum absolute atomic E-state index is 0.362. The Kier molecular flexibility index (Phi) is 5.90. The molecule has 1 aromatic rings. The van der Waals surface area contributed by atoms with Gasteiger partial charge in [0.05, 0.1) is 6.61 Å². The molecule has 0 amide bonds. The van der Waals surface area contributed by atoms with Crippen LogP contribution in [0.15, 0.2) is 24.3 Å². The molecule has 0 fully saturated rings. The fraction of sp³-hybridized carbons (Fsp3) is 0.538. The van der Waals surface area contributed by atoms with Crippen LogP contribution in [0.5, 0.6) is 5.75 Å². The summed E-state index contributed by atoms with van der Waals surface area (Å²) in [5.74, 6) is 1.27. The van der Waals surface area contributed by atoms with Crippen molar-refractivity contribution in [2.24, 2.45) is 11.7 Å². The second-order valence-electron chi connectivity index (χ2n) is 4.01. The van der Waals surface area contributed by atoms with E-state index in [9.17, 15) is 0 Å². The molecule has 0 bridgehead atoms. The van der Waals surface area contributed by atoms with Crippen LogP contribution in [0.2, 0.25) is 0 Å². The predicted molar refractivity (Wildman–Crippen MR) is 65.7 cm³/mol. The Morgan fingerprint density at radius 3 is 2.50 bits per heavy atom. The molecule has 0 radical (unpaired) electrons. The predicted octanol–water partition coefficient (Wildman–Crippen LogP) is 1.99. The fourth-order valence-electron chi connectivity index (χ4n) is 1.40. The van der Waals surface area contributed by atoms with E-state index in [4.69, 9.17) is 15.2 Å². The second kappa shape index (κ2) is 7.25. The van der Waals surface area contributed by atoms with E-state index in [1.165, 1.54) is 5.56 Å². The van der Waals surface area contributed by atoms with Crippen molar-refractivity contribution in [1.29, 1.82) is 0 Å². The standard InChI is InChI=1S/C13H21NO2/c1-11-3-5-13(6-4-11)16-10-12(9-14)7-8-15-2/h3-6,12H,7-10,14H2,1-2H3. The lowest BCUT2D eigenvalue weighted by molar-refractivity contribution is 0.157. The van der Waals surface area contributed by atoms with Gasteiger partial charge in [-0.2, -0.15) is 0 Å². The molecule has 0 aromatic heterocycles. The summed E-state index contributed by atoms with van der Waals surface area (Å²) in [6.45, 7) is 4.09. The zero-order chi connectivity index (χ0) is 11.8. The van der Waals surface area contributed by atoms with Gasteiger partial charge in [0.2, 0.25) is 0 Å². The molecule has 0 aliphatic rings. The molecule has 2 N–H and O–H groups in total. The fourth-order valence-corrected chi connectivity index (χ4v) is 1.40. The summed E-state index contributed by atoms with van der Waals surface area (Å²) < 4.78 is 10.7. The largest absolute Gasteiger partial charge is 0.493 e. The van der Waals surface area contributed by atoms with Crippen LogP contribution in [-0.2, 0) is 4.74 Å². The van der Waals surface area contributed by atoms with Gasteiger partial charge < -0.3 is 15.2 Å². The monoisotopic (exact) mass is 223 g/mol. The van der Waals surface area contributed by atoms with Gasteiger partial charge in [-0.15, -0.1) is 0 Å². The normalized spacial score (nSPS) is 12.4. The van der Waals surface area contributed by atoms with Crippen molar-refractivity contribution < 1.29 is 9.47 Å². The average molecular weight is 223 g/mol. The Morgan fingerprint density at radius 1 is 1.25 bits per heavy atom. The third-order valence-electron chi connectivity index (χ3n) is 2.57. The van der Waals surface area contributed by atoms with Gasteiger partial charge in [0, 0.05) is 19.6 Å².